The van der Waals surface area contributed by atoms with Gasteiger partial charge in [-0.3, -0.25) is 0 Å². The maximum absolute atomic E-state index is 11.3. The number of hydrogen-bond acceptors (Lipinski definition) is 3. The van der Waals surface area contributed by atoms with Crippen LogP contribution >= 0.6 is 22.7 Å². The Labute approximate surface area is 416 Å². The van der Waals surface area contributed by atoms with Crippen molar-refractivity contribution in [3.63, 3.8) is 0 Å². The normalized spacial score (nSPS) is 12.7. The van der Waals surface area contributed by atoms with Gasteiger partial charge in [0, 0.05) is 63.6 Å². The molecule has 0 radical (unpaired) electrons. The van der Waals surface area contributed by atoms with E-state index in [-0.39, 0.29) is 17.9 Å². The topological polar surface area (TPSA) is 33.6 Å². The molecule has 9 aromatic carbocycles. The number of nitriles is 1. The Balaban J connectivity index is 1.31. The van der Waals surface area contributed by atoms with Crippen molar-refractivity contribution in [3.8, 4) is 34.0 Å². The molecule has 0 fully saturated rings. The van der Waals surface area contributed by atoms with Crippen molar-refractivity contribution in [2.45, 2.75) is 65.8 Å². The van der Waals surface area contributed by atoms with Crippen LogP contribution in [0.4, 0.5) is 0 Å². The number of nitrogens with zero attached hydrogens (tertiary/aromatic N) is 3. The summed E-state index contributed by atoms with van der Waals surface area (Å²) in [5.74, 6) is 0.158. The van der Waals surface area contributed by atoms with E-state index in [1.165, 1.54) is 129 Å². The lowest BCUT2D eigenvalue weighted by molar-refractivity contribution is 0.602. The van der Waals surface area contributed by atoms with E-state index < -0.39 is 0 Å². The number of hydrogen-bond donors (Lipinski definition) is 0. The Morgan fingerprint density at radius 1 is 0.471 bits per heavy atom. The van der Waals surface area contributed by atoms with Crippen LogP contribution in [0.25, 0.3) is 112 Å². The molecule has 0 aliphatic rings. The Kier molecular flexibility index (Phi) is 9.93. The molecule has 0 amide bonds. The smallest absolute Gasteiger partial charge is 0.0998 e. The minimum atomic E-state index is -0.133. The SMILES string of the molecule is CCC(c1c(-c2ccccc2C)c(C(C)C)c(-n2c3ccccc3c3ccc4c5ccccc5sc4c32)c(C(C)C)c1-c1ccccc1C#N)n1c2ccccc2c2ccc3c4ccccc4sc3c21. The first kappa shape index (κ1) is 42.6. The van der Waals surface area contributed by atoms with E-state index in [0.717, 1.165) is 12.0 Å². The molecule has 0 aliphatic heterocycles. The molecule has 70 heavy (non-hydrogen) atoms. The zero-order chi connectivity index (χ0) is 47.5. The van der Waals surface area contributed by atoms with E-state index >= 15 is 0 Å². The highest BCUT2D eigenvalue weighted by Gasteiger charge is 2.36. The van der Waals surface area contributed by atoms with Crippen LogP contribution in [-0.4, -0.2) is 9.13 Å². The van der Waals surface area contributed by atoms with Crippen LogP contribution in [0.5, 0.6) is 0 Å². The summed E-state index contributed by atoms with van der Waals surface area (Å²) >= 11 is 3.81. The Morgan fingerprint density at radius 2 is 0.943 bits per heavy atom. The molecule has 0 saturated heterocycles. The molecule has 0 aliphatic carbocycles. The molecular formula is C65H51N3S2. The van der Waals surface area contributed by atoms with Gasteiger partial charge < -0.3 is 9.13 Å². The second-order valence-electron chi connectivity index (χ2n) is 19.7. The number of rotatable bonds is 8. The summed E-state index contributed by atoms with van der Waals surface area (Å²) < 4.78 is 10.6. The second-order valence-corrected chi connectivity index (χ2v) is 21.8. The number of benzene rings is 9. The molecule has 338 valence electrons. The highest BCUT2D eigenvalue weighted by Crippen LogP contribution is 2.55. The van der Waals surface area contributed by atoms with Crippen LogP contribution in [0.3, 0.4) is 0 Å². The summed E-state index contributed by atoms with van der Waals surface area (Å²) in [6.07, 6.45) is 0.821. The van der Waals surface area contributed by atoms with Crippen molar-refractivity contribution in [1.82, 2.24) is 9.13 Å². The van der Waals surface area contributed by atoms with Crippen LogP contribution in [0.15, 0.2) is 170 Å². The molecule has 3 nitrogen and oxygen atoms in total. The standard InChI is InChI=1S/C65H51N3S2/c1-7-51(67-52-28-16-12-24-43(52)47-32-34-49-45-26-14-18-30-54(45)69-64(49)61(47)67)60-58(41-22-10-8-20-39(41)6)56(37(2)3)63(57(38(4)5)59(60)42-23-11-9-21-40(42)36-66)68-53-29-17-13-25-44(53)48-33-35-50-46-27-15-19-31-55(46)70-65(50)62(48)68/h8-35,37-38,51H,7H2,1-6H3. The molecule has 13 rings (SSSR count). The van der Waals surface area contributed by atoms with Gasteiger partial charge in [0.15, 0.2) is 0 Å². The summed E-state index contributed by atoms with van der Waals surface area (Å²) in [5, 5.41) is 21.5. The number of fused-ring (bicyclic) bond motifs is 14. The number of aromatic nitrogens is 2. The molecule has 1 unspecified atom stereocenters. The van der Waals surface area contributed by atoms with Gasteiger partial charge in [-0.05, 0) is 94.5 Å². The molecule has 1 atom stereocenters. The van der Waals surface area contributed by atoms with Gasteiger partial charge in [-0.25, -0.2) is 0 Å². The molecule has 0 bridgehead atoms. The quantitative estimate of drug-likeness (QED) is 0.149. The van der Waals surface area contributed by atoms with E-state index in [9.17, 15) is 5.26 Å². The summed E-state index contributed by atoms with van der Waals surface area (Å²) in [7, 11) is 0. The van der Waals surface area contributed by atoms with Gasteiger partial charge in [0.25, 0.3) is 0 Å². The molecule has 0 saturated carbocycles. The molecule has 5 heteroatoms. The van der Waals surface area contributed by atoms with Crippen molar-refractivity contribution < 1.29 is 0 Å². The maximum atomic E-state index is 11.3. The number of thiophene rings is 2. The van der Waals surface area contributed by atoms with Crippen molar-refractivity contribution in [3.05, 3.63) is 198 Å². The van der Waals surface area contributed by atoms with Gasteiger partial charge in [-0.15, -0.1) is 22.7 Å². The Bertz CT molecular complexity index is 4330. The second kappa shape index (κ2) is 16.3. The van der Waals surface area contributed by atoms with E-state index in [1.807, 2.05) is 34.8 Å². The third-order valence-electron chi connectivity index (χ3n) is 15.1. The van der Waals surface area contributed by atoms with E-state index in [2.05, 4.69) is 214 Å². The van der Waals surface area contributed by atoms with Crippen LogP contribution in [0.2, 0.25) is 0 Å². The Hall–Kier alpha value is -7.49. The molecule has 0 spiro atoms. The van der Waals surface area contributed by atoms with Crippen molar-refractivity contribution >= 4 is 107 Å². The fourth-order valence-corrected chi connectivity index (χ4v) is 14.8. The molecular weight excluding hydrogens is 887 g/mol. The van der Waals surface area contributed by atoms with Crippen molar-refractivity contribution in [1.29, 1.82) is 5.26 Å². The molecule has 0 N–H and O–H groups in total. The van der Waals surface area contributed by atoms with Crippen LogP contribution < -0.4 is 0 Å². The van der Waals surface area contributed by atoms with Gasteiger partial charge >= 0.3 is 0 Å². The minimum absolute atomic E-state index is 0.0571. The highest BCUT2D eigenvalue weighted by molar-refractivity contribution is 7.27. The summed E-state index contributed by atoms with van der Waals surface area (Å²) in [4.78, 5) is 0. The molecule has 4 aromatic heterocycles. The predicted octanol–water partition coefficient (Wildman–Crippen LogP) is 19.4. The zero-order valence-electron chi connectivity index (χ0n) is 40.3. The molecule has 4 heterocycles. The van der Waals surface area contributed by atoms with E-state index in [4.69, 9.17) is 0 Å². The van der Waals surface area contributed by atoms with Gasteiger partial charge in [0.05, 0.1) is 49.3 Å². The first-order valence-electron chi connectivity index (χ1n) is 24.7. The summed E-state index contributed by atoms with van der Waals surface area (Å²) in [6.45, 7) is 14.2. The van der Waals surface area contributed by atoms with Gasteiger partial charge in [0.1, 0.15) is 0 Å². The van der Waals surface area contributed by atoms with Crippen molar-refractivity contribution in [2.24, 2.45) is 0 Å². The lowest BCUT2D eigenvalue weighted by Gasteiger charge is -2.35. The number of para-hydroxylation sites is 2. The number of aryl methyl sites for hydroxylation is 1. The van der Waals surface area contributed by atoms with E-state index in [0.29, 0.717) is 5.56 Å². The third-order valence-corrected chi connectivity index (χ3v) is 17.5. The van der Waals surface area contributed by atoms with Gasteiger partial charge in [-0.2, -0.15) is 5.26 Å². The van der Waals surface area contributed by atoms with Crippen LogP contribution in [0, 0.1) is 18.3 Å². The van der Waals surface area contributed by atoms with Crippen molar-refractivity contribution in [2.75, 3.05) is 0 Å². The highest BCUT2D eigenvalue weighted by atomic mass is 32.1. The Morgan fingerprint density at radius 3 is 1.54 bits per heavy atom. The van der Waals surface area contributed by atoms with Gasteiger partial charge in [-0.1, -0.05) is 174 Å². The lowest BCUT2D eigenvalue weighted by Crippen LogP contribution is -2.19. The summed E-state index contributed by atoms with van der Waals surface area (Å²) in [6, 6.07) is 65.3. The minimum Gasteiger partial charge on any atom is -0.332 e. The van der Waals surface area contributed by atoms with Crippen LogP contribution in [-0.2, 0) is 0 Å². The lowest BCUT2D eigenvalue weighted by atomic mass is 9.74. The largest absolute Gasteiger partial charge is 0.332 e. The van der Waals surface area contributed by atoms with Gasteiger partial charge in [0.2, 0.25) is 0 Å². The average Bonchev–Trinajstić information content (AvgIpc) is 4.14. The molecule has 13 aromatic rings. The maximum Gasteiger partial charge on any atom is 0.0998 e. The fraction of sp³-hybridized carbons (Fsp3) is 0.154. The van der Waals surface area contributed by atoms with E-state index in [1.54, 1.807) is 0 Å². The predicted molar refractivity (Wildman–Crippen MR) is 303 cm³/mol. The fourth-order valence-electron chi connectivity index (χ4n) is 12.3. The summed E-state index contributed by atoms with van der Waals surface area (Å²) in [5.41, 5.74) is 16.6. The average molecular weight is 938 g/mol. The first-order chi connectivity index (χ1) is 34.3. The third kappa shape index (κ3) is 6.03. The first-order valence-corrected chi connectivity index (χ1v) is 26.4. The zero-order valence-corrected chi connectivity index (χ0v) is 41.9. The monoisotopic (exact) mass is 937 g/mol. The van der Waals surface area contributed by atoms with Crippen LogP contribution in [0.1, 0.15) is 86.7 Å².